The number of amides is 1. The lowest BCUT2D eigenvalue weighted by Gasteiger charge is -2.20. The first-order valence-corrected chi connectivity index (χ1v) is 6.93. The van der Waals surface area contributed by atoms with E-state index in [9.17, 15) is 4.79 Å². The molecule has 1 heterocycles. The van der Waals surface area contributed by atoms with Crippen LogP contribution in [0.25, 0.3) is 0 Å². The molecule has 1 aromatic heterocycles. The third-order valence-corrected chi connectivity index (χ3v) is 3.29. The fourth-order valence-corrected chi connectivity index (χ4v) is 2.23. The van der Waals surface area contributed by atoms with E-state index in [0.717, 1.165) is 6.54 Å². The van der Waals surface area contributed by atoms with E-state index in [-0.39, 0.29) is 12.0 Å². The van der Waals surface area contributed by atoms with Crippen LogP contribution in [-0.2, 0) is 16.1 Å². The minimum Gasteiger partial charge on any atom is -0.378 e. The van der Waals surface area contributed by atoms with Crippen LogP contribution in [-0.4, -0.2) is 30.1 Å². The Morgan fingerprint density at radius 3 is 2.82 bits per heavy atom. The molecule has 96 valence electrons. The molecule has 0 fully saturated rings. The largest absolute Gasteiger partial charge is 0.378 e. The first kappa shape index (κ1) is 14.2. The number of hydrogen-bond acceptors (Lipinski definition) is 3. The van der Waals surface area contributed by atoms with E-state index < -0.39 is 0 Å². The quantitative estimate of drug-likeness (QED) is 0.749. The van der Waals surface area contributed by atoms with Gasteiger partial charge in [-0.25, -0.2) is 0 Å². The maximum Gasteiger partial charge on any atom is 0.225 e. The molecule has 0 saturated carbocycles. The second-order valence-electron chi connectivity index (χ2n) is 4.16. The van der Waals surface area contributed by atoms with Gasteiger partial charge in [-0.3, -0.25) is 4.79 Å². The van der Waals surface area contributed by atoms with Gasteiger partial charge in [0.2, 0.25) is 5.91 Å². The Morgan fingerprint density at radius 2 is 2.29 bits per heavy atom. The molecule has 0 spiro atoms. The number of ether oxygens (including phenoxy) is 1. The SMILES string of the molecule is CCN(Cc1cccs1)C(=O)CCOC(C)C. The van der Waals surface area contributed by atoms with Crippen LogP contribution >= 0.6 is 11.3 Å². The smallest absolute Gasteiger partial charge is 0.225 e. The third kappa shape index (κ3) is 5.33. The zero-order chi connectivity index (χ0) is 12.7. The van der Waals surface area contributed by atoms with Gasteiger partial charge in [0.05, 0.1) is 25.7 Å². The number of hydrogen-bond donors (Lipinski definition) is 0. The van der Waals surface area contributed by atoms with Gasteiger partial charge in [0.25, 0.3) is 0 Å². The molecule has 1 amide bonds. The molecule has 0 unspecified atom stereocenters. The molecular weight excluding hydrogens is 234 g/mol. The van der Waals surface area contributed by atoms with Gasteiger partial charge in [-0.15, -0.1) is 11.3 Å². The number of carbonyl (C=O) groups excluding carboxylic acids is 1. The Balaban J connectivity index is 2.36. The van der Waals surface area contributed by atoms with Crippen LogP contribution in [0.3, 0.4) is 0 Å². The molecule has 17 heavy (non-hydrogen) atoms. The Hall–Kier alpha value is -0.870. The molecule has 0 atom stereocenters. The van der Waals surface area contributed by atoms with Crippen LogP contribution in [0.1, 0.15) is 32.1 Å². The van der Waals surface area contributed by atoms with E-state index in [4.69, 9.17) is 4.74 Å². The average molecular weight is 255 g/mol. The van der Waals surface area contributed by atoms with E-state index in [1.807, 2.05) is 37.1 Å². The Kier molecular flexibility index (Phi) is 6.22. The van der Waals surface area contributed by atoms with Crippen molar-refractivity contribution < 1.29 is 9.53 Å². The Morgan fingerprint density at radius 1 is 1.53 bits per heavy atom. The van der Waals surface area contributed by atoms with Crippen LogP contribution in [0.2, 0.25) is 0 Å². The van der Waals surface area contributed by atoms with Crippen LogP contribution in [0, 0.1) is 0 Å². The van der Waals surface area contributed by atoms with Crippen molar-refractivity contribution in [1.29, 1.82) is 0 Å². The molecule has 0 aliphatic carbocycles. The predicted octanol–water partition coefficient (Wildman–Crippen LogP) is 2.91. The average Bonchev–Trinajstić information content (AvgIpc) is 2.77. The summed E-state index contributed by atoms with van der Waals surface area (Å²) in [6.07, 6.45) is 0.660. The van der Waals surface area contributed by atoms with Crippen molar-refractivity contribution in [3.63, 3.8) is 0 Å². The summed E-state index contributed by atoms with van der Waals surface area (Å²) in [5.41, 5.74) is 0. The van der Waals surface area contributed by atoms with Gasteiger partial charge in [0, 0.05) is 11.4 Å². The van der Waals surface area contributed by atoms with E-state index in [0.29, 0.717) is 19.6 Å². The van der Waals surface area contributed by atoms with Crippen molar-refractivity contribution in [2.75, 3.05) is 13.2 Å². The van der Waals surface area contributed by atoms with Crippen molar-refractivity contribution >= 4 is 17.2 Å². The number of carbonyl (C=O) groups is 1. The van der Waals surface area contributed by atoms with Gasteiger partial charge in [-0.2, -0.15) is 0 Å². The lowest BCUT2D eigenvalue weighted by atomic mass is 10.3. The molecule has 0 aromatic carbocycles. The highest BCUT2D eigenvalue weighted by Gasteiger charge is 2.12. The lowest BCUT2D eigenvalue weighted by molar-refractivity contribution is -0.133. The molecule has 1 rings (SSSR count). The number of nitrogens with zero attached hydrogens (tertiary/aromatic N) is 1. The highest BCUT2D eigenvalue weighted by atomic mass is 32.1. The summed E-state index contributed by atoms with van der Waals surface area (Å²) in [5, 5.41) is 2.04. The summed E-state index contributed by atoms with van der Waals surface area (Å²) < 4.78 is 5.40. The zero-order valence-electron chi connectivity index (χ0n) is 10.8. The lowest BCUT2D eigenvalue weighted by Crippen LogP contribution is -2.30. The molecular formula is C13H21NO2S. The molecule has 0 saturated heterocycles. The summed E-state index contributed by atoms with van der Waals surface area (Å²) in [5.74, 6) is 0.168. The zero-order valence-corrected chi connectivity index (χ0v) is 11.6. The van der Waals surface area contributed by atoms with Crippen LogP contribution in [0.15, 0.2) is 17.5 Å². The second kappa shape index (κ2) is 7.45. The van der Waals surface area contributed by atoms with Gasteiger partial charge in [0.15, 0.2) is 0 Å². The maximum atomic E-state index is 11.9. The van der Waals surface area contributed by atoms with Crippen LogP contribution < -0.4 is 0 Å². The van der Waals surface area contributed by atoms with Gasteiger partial charge in [-0.05, 0) is 32.2 Å². The van der Waals surface area contributed by atoms with Crippen LogP contribution in [0.4, 0.5) is 0 Å². The van der Waals surface area contributed by atoms with Gasteiger partial charge in [-0.1, -0.05) is 6.07 Å². The predicted molar refractivity (Wildman–Crippen MR) is 71.1 cm³/mol. The minimum absolute atomic E-state index is 0.168. The molecule has 0 bridgehead atoms. The normalized spacial score (nSPS) is 10.8. The highest BCUT2D eigenvalue weighted by molar-refractivity contribution is 7.09. The van der Waals surface area contributed by atoms with Crippen molar-refractivity contribution in [1.82, 2.24) is 4.90 Å². The summed E-state index contributed by atoms with van der Waals surface area (Å²) in [6, 6.07) is 4.07. The topological polar surface area (TPSA) is 29.5 Å². The summed E-state index contributed by atoms with van der Waals surface area (Å²) >= 11 is 1.69. The fourth-order valence-electron chi connectivity index (χ4n) is 1.51. The molecule has 1 aromatic rings. The molecule has 0 aliphatic heterocycles. The molecule has 0 aliphatic rings. The van der Waals surface area contributed by atoms with Crippen molar-refractivity contribution in [2.45, 2.75) is 39.8 Å². The maximum absolute atomic E-state index is 11.9. The Labute approximate surface area is 107 Å². The Bertz CT molecular complexity index is 322. The van der Waals surface area contributed by atoms with E-state index >= 15 is 0 Å². The van der Waals surface area contributed by atoms with Crippen molar-refractivity contribution in [3.05, 3.63) is 22.4 Å². The first-order chi connectivity index (χ1) is 8.13. The molecule has 4 heteroatoms. The monoisotopic (exact) mass is 255 g/mol. The summed E-state index contributed by atoms with van der Waals surface area (Å²) in [4.78, 5) is 15.0. The van der Waals surface area contributed by atoms with Crippen molar-refractivity contribution in [2.24, 2.45) is 0 Å². The molecule has 3 nitrogen and oxygen atoms in total. The number of thiophene rings is 1. The van der Waals surface area contributed by atoms with Crippen molar-refractivity contribution in [3.8, 4) is 0 Å². The molecule has 0 N–H and O–H groups in total. The van der Waals surface area contributed by atoms with E-state index in [1.165, 1.54) is 4.88 Å². The number of rotatable bonds is 7. The summed E-state index contributed by atoms with van der Waals surface area (Å²) in [7, 11) is 0. The van der Waals surface area contributed by atoms with Crippen LogP contribution in [0.5, 0.6) is 0 Å². The first-order valence-electron chi connectivity index (χ1n) is 6.05. The third-order valence-electron chi connectivity index (χ3n) is 2.43. The summed E-state index contributed by atoms with van der Waals surface area (Å²) in [6.45, 7) is 7.95. The van der Waals surface area contributed by atoms with E-state index in [1.54, 1.807) is 11.3 Å². The van der Waals surface area contributed by atoms with Gasteiger partial charge < -0.3 is 9.64 Å². The second-order valence-corrected chi connectivity index (χ2v) is 5.19. The van der Waals surface area contributed by atoms with E-state index in [2.05, 4.69) is 6.07 Å². The fraction of sp³-hybridized carbons (Fsp3) is 0.615. The van der Waals surface area contributed by atoms with Gasteiger partial charge in [0.1, 0.15) is 0 Å². The highest BCUT2D eigenvalue weighted by Crippen LogP contribution is 2.12. The molecule has 0 radical (unpaired) electrons. The standard InChI is InChI=1S/C13H21NO2S/c1-4-14(10-12-6-5-9-17-12)13(15)7-8-16-11(2)3/h5-6,9,11H,4,7-8,10H2,1-3H3. The van der Waals surface area contributed by atoms with Gasteiger partial charge >= 0.3 is 0 Å². The minimum atomic E-state index is 0.168.